The van der Waals surface area contributed by atoms with Gasteiger partial charge in [0.2, 0.25) is 11.2 Å². The number of methoxy groups -OCH3 is 1. The van der Waals surface area contributed by atoms with E-state index in [0.29, 0.717) is 12.0 Å². The predicted molar refractivity (Wildman–Crippen MR) is 72.5 cm³/mol. The first kappa shape index (κ1) is 15.8. The molecule has 0 saturated heterocycles. The molecular formula is C12H12ClFN4O2. The van der Waals surface area contributed by atoms with Gasteiger partial charge in [0.1, 0.15) is 5.82 Å². The van der Waals surface area contributed by atoms with E-state index in [0.717, 1.165) is 5.56 Å². The molecule has 2 N–H and O–H groups in total. The van der Waals surface area contributed by atoms with E-state index in [1.807, 2.05) is 6.92 Å². The molecular weight excluding hydrogens is 287 g/mol. The highest BCUT2D eigenvalue weighted by Gasteiger charge is 2.11. The smallest absolute Gasteiger partial charge is 0.292 e. The predicted octanol–water partition coefficient (Wildman–Crippen LogP) is 2.01. The minimum atomic E-state index is -0.608. The molecule has 20 heavy (non-hydrogen) atoms. The summed E-state index contributed by atoms with van der Waals surface area (Å²) < 4.78 is 17.3. The average Bonchev–Trinajstić information content (AvgIpc) is 2.42. The van der Waals surface area contributed by atoms with Crippen LogP contribution in [0.5, 0.6) is 0 Å². The van der Waals surface area contributed by atoms with Gasteiger partial charge in [0.05, 0.1) is 7.11 Å². The summed E-state index contributed by atoms with van der Waals surface area (Å²) in [4.78, 5) is 20.1. The summed E-state index contributed by atoms with van der Waals surface area (Å²) in [6.45, 7) is 2.18. The lowest BCUT2D eigenvalue weighted by Crippen LogP contribution is -1.99. The Kier molecular flexibility index (Phi) is 5.79. The van der Waals surface area contributed by atoms with E-state index in [-0.39, 0.29) is 16.7 Å². The molecule has 0 fully saturated rings. The zero-order chi connectivity index (χ0) is 15.1. The van der Waals surface area contributed by atoms with Crippen molar-refractivity contribution < 1.29 is 13.9 Å². The number of pyridine rings is 1. The molecule has 0 atom stereocenters. The zero-order valence-electron chi connectivity index (χ0n) is 10.8. The molecule has 2 aromatic rings. The summed E-state index contributed by atoms with van der Waals surface area (Å²) in [5.74, 6) is -0.477. The number of aryl methyl sites for hydroxylation is 1. The third kappa shape index (κ3) is 4.13. The van der Waals surface area contributed by atoms with Crippen molar-refractivity contribution in [2.45, 2.75) is 6.92 Å². The first-order valence-corrected chi connectivity index (χ1v) is 5.74. The van der Waals surface area contributed by atoms with Crippen LogP contribution in [0.1, 0.15) is 5.56 Å². The Bertz CT molecular complexity index is 610. The van der Waals surface area contributed by atoms with E-state index in [4.69, 9.17) is 22.1 Å². The maximum absolute atomic E-state index is 13.5. The second-order valence-corrected chi connectivity index (χ2v) is 3.96. The molecule has 0 aliphatic rings. The molecule has 0 spiro atoms. The van der Waals surface area contributed by atoms with Gasteiger partial charge >= 0.3 is 0 Å². The topological polar surface area (TPSA) is 91.0 Å². The van der Waals surface area contributed by atoms with Gasteiger partial charge in [-0.1, -0.05) is 0 Å². The maximum atomic E-state index is 13.5. The van der Waals surface area contributed by atoms with E-state index in [2.05, 4.69) is 19.7 Å². The number of carbonyl (C=O) groups is 1. The quantitative estimate of drug-likeness (QED) is 0.518. The van der Waals surface area contributed by atoms with Gasteiger partial charge in [-0.25, -0.2) is 15.0 Å². The van der Waals surface area contributed by atoms with Crippen LogP contribution in [0.25, 0.3) is 11.1 Å². The van der Waals surface area contributed by atoms with Crippen LogP contribution in [-0.2, 0) is 9.53 Å². The summed E-state index contributed by atoms with van der Waals surface area (Å²) in [5.41, 5.74) is 7.13. The highest BCUT2D eigenvalue weighted by molar-refractivity contribution is 6.28. The van der Waals surface area contributed by atoms with Crippen LogP contribution in [-0.4, -0.2) is 28.5 Å². The SMILES string of the molecule is COC=O.Cc1cnc(F)c(-c2cnc(Cl)nc2N)c1. The van der Waals surface area contributed by atoms with Crippen LogP contribution >= 0.6 is 11.6 Å². The number of hydrogen-bond acceptors (Lipinski definition) is 6. The Morgan fingerprint density at radius 1 is 1.35 bits per heavy atom. The number of aromatic nitrogens is 3. The fourth-order valence-corrected chi connectivity index (χ4v) is 1.46. The van der Waals surface area contributed by atoms with E-state index >= 15 is 0 Å². The Labute approximate surface area is 119 Å². The number of anilines is 1. The largest absolute Gasteiger partial charge is 0.471 e. The van der Waals surface area contributed by atoms with Crippen molar-refractivity contribution in [1.29, 1.82) is 0 Å². The summed E-state index contributed by atoms with van der Waals surface area (Å²) >= 11 is 5.56. The van der Waals surface area contributed by atoms with E-state index in [1.165, 1.54) is 19.5 Å². The van der Waals surface area contributed by atoms with Gasteiger partial charge < -0.3 is 10.5 Å². The second-order valence-electron chi connectivity index (χ2n) is 3.62. The van der Waals surface area contributed by atoms with Gasteiger partial charge in [0.25, 0.3) is 6.47 Å². The number of nitrogen functional groups attached to an aromatic ring is 1. The van der Waals surface area contributed by atoms with Crippen molar-refractivity contribution in [3.63, 3.8) is 0 Å². The number of hydrogen-bond donors (Lipinski definition) is 1. The van der Waals surface area contributed by atoms with Crippen LogP contribution in [0.3, 0.4) is 0 Å². The highest BCUT2D eigenvalue weighted by atomic mass is 35.5. The van der Waals surface area contributed by atoms with Crippen molar-refractivity contribution in [3.05, 3.63) is 35.3 Å². The van der Waals surface area contributed by atoms with Crippen molar-refractivity contribution in [1.82, 2.24) is 15.0 Å². The zero-order valence-corrected chi connectivity index (χ0v) is 11.6. The minimum Gasteiger partial charge on any atom is -0.471 e. The number of nitrogens with two attached hydrogens (primary N) is 1. The van der Waals surface area contributed by atoms with Crippen molar-refractivity contribution in [2.75, 3.05) is 12.8 Å². The third-order valence-corrected chi connectivity index (χ3v) is 2.33. The molecule has 2 heterocycles. The molecule has 8 heteroatoms. The summed E-state index contributed by atoms with van der Waals surface area (Å²) in [6.07, 6.45) is 2.82. The third-order valence-electron chi connectivity index (χ3n) is 2.15. The number of nitrogens with zero attached hydrogens (tertiary/aromatic N) is 3. The highest BCUT2D eigenvalue weighted by Crippen LogP contribution is 2.26. The van der Waals surface area contributed by atoms with Crippen LogP contribution in [0.15, 0.2) is 18.5 Å². The molecule has 106 valence electrons. The average molecular weight is 299 g/mol. The Morgan fingerprint density at radius 3 is 2.55 bits per heavy atom. The molecule has 2 rings (SSSR count). The lowest BCUT2D eigenvalue weighted by atomic mass is 10.1. The van der Waals surface area contributed by atoms with Crippen molar-refractivity contribution >= 4 is 23.9 Å². The van der Waals surface area contributed by atoms with E-state index < -0.39 is 5.95 Å². The fourth-order valence-electron chi connectivity index (χ4n) is 1.32. The number of ether oxygens (including phenoxy) is 1. The van der Waals surface area contributed by atoms with Gasteiger partial charge in [0, 0.05) is 23.5 Å². The summed E-state index contributed by atoms with van der Waals surface area (Å²) in [7, 11) is 1.31. The van der Waals surface area contributed by atoms with Crippen LogP contribution in [0, 0.1) is 12.9 Å². The number of carbonyl (C=O) groups excluding carboxylic acids is 1. The molecule has 0 radical (unpaired) electrons. The summed E-state index contributed by atoms with van der Waals surface area (Å²) in [6, 6.07) is 1.63. The first-order chi connectivity index (χ1) is 9.49. The van der Waals surface area contributed by atoms with Crippen molar-refractivity contribution in [2.24, 2.45) is 0 Å². The van der Waals surface area contributed by atoms with Gasteiger partial charge in [-0.05, 0) is 30.2 Å². The maximum Gasteiger partial charge on any atom is 0.292 e. The Morgan fingerprint density at radius 2 is 2.00 bits per heavy atom. The van der Waals surface area contributed by atoms with Gasteiger partial charge in [-0.2, -0.15) is 4.39 Å². The first-order valence-electron chi connectivity index (χ1n) is 5.36. The molecule has 0 unspecified atom stereocenters. The van der Waals surface area contributed by atoms with Crippen LogP contribution in [0.4, 0.5) is 10.2 Å². The standard InChI is InChI=1S/C10H8ClFN4.C2H4O2/c1-5-2-6(8(12)14-3-5)7-4-15-10(11)16-9(7)13;1-4-2-3/h2-4H,1H3,(H2,13,15,16);2H,1H3. The van der Waals surface area contributed by atoms with Gasteiger partial charge in [0.15, 0.2) is 0 Å². The minimum absolute atomic E-state index is 0.0299. The van der Waals surface area contributed by atoms with Crippen molar-refractivity contribution in [3.8, 4) is 11.1 Å². The molecule has 6 nitrogen and oxygen atoms in total. The molecule has 0 aliphatic carbocycles. The fraction of sp³-hybridized carbons (Fsp3) is 0.167. The molecule has 0 saturated carbocycles. The Balaban J connectivity index is 0.000000444. The van der Waals surface area contributed by atoms with E-state index in [1.54, 1.807) is 6.07 Å². The van der Waals surface area contributed by atoms with Gasteiger partial charge in [-0.15, -0.1) is 0 Å². The Hall–Kier alpha value is -2.28. The molecule has 0 aromatic carbocycles. The van der Waals surface area contributed by atoms with E-state index in [9.17, 15) is 4.39 Å². The molecule has 0 bridgehead atoms. The lowest BCUT2D eigenvalue weighted by Gasteiger charge is -2.06. The lowest BCUT2D eigenvalue weighted by molar-refractivity contribution is -0.126. The monoisotopic (exact) mass is 298 g/mol. The molecule has 0 amide bonds. The number of halogens is 2. The molecule has 2 aromatic heterocycles. The van der Waals surface area contributed by atoms with Crippen LogP contribution in [0.2, 0.25) is 5.28 Å². The normalized spacial score (nSPS) is 9.40. The van der Waals surface area contributed by atoms with Gasteiger partial charge in [-0.3, -0.25) is 4.79 Å². The molecule has 0 aliphatic heterocycles. The van der Waals surface area contributed by atoms with Crippen LogP contribution < -0.4 is 5.73 Å². The summed E-state index contributed by atoms with van der Waals surface area (Å²) in [5, 5.41) is 0.0299. The second kappa shape index (κ2) is 7.34. The number of rotatable bonds is 2.